The van der Waals surface area contributed by atoms with E-state index in [1.807, 2.05) is 38.1 Å². The number of benzene rings is 2. The van der Waals surface area contributed by atoms with E-state index in [2.05, 4.69) is 33.4 Å². The third-order valence-corrected chi connectivity index (χ3v) is 3.85. The maximum absolute atomic E-state index is 5.72. The largest absolute Gasteiger partial charge is 0.490 e. The van der Waals surface area contributed by atoms with Gasteiger partial charge in [-0.05, 0) is 59.6 Å². The number of halogens is 1. The molecule has 22 heavy (non-hydrogen) atoms. The van der Waals surface area contributed by atoms with E-state index in [1.165, 1.54) is 5.56 Å². The summed E-state index contributed by atoms with van der Waals surface area (Å²) in [5.41, 5.74) is 2.17. The van der Waals surface area contributed by atoms with Crippen LogP contribution in [-0.4, -0.2) is 12.9 Å². The molecule has 0 amide bonds. The zero-order chi connectivity index (χ0) is 15.5. The number of hydrogen-bond acceptors (Lipinski definition) is 4. The molecule has 0 atom stereocenters. The lowest BCUT2D eigenvalue weighted by molar-refractivity contribution is 0.174. The average Bonchev–Trinajstić information content (AvgIpc) is 2.95. The first-order valence-corrected chi connectivity index (χ1v) is 8.00. The maximum atomic E-state index is 5.72. The third-order valence-electron chi connectivity index (χ3n) is 3.23. The van der Waals surface area contributed by atoms with Crippen molar-refractivity contribution in [1.82, 2.24) is 0 Å². The predicted octanol–water partition coefficient (Wildman–Crippen LogP) is 4.58. The second-order valence-corrected chi connectivity index (χ2v) is 6.21. The van der Waals surface area contributed by atoms with Gasteiger partial charge in [-0.3, -0.25) is 0 Å². The lowest BCUT2D eigenvalue weighted by Crippen LogP contribution is -2.06. The van der Waals surface area contributed by atoms with Crippen molar-refractivity contribution < 1.29 is 14.2 Å². The van der Waals surface area contributed by atoms with E-state index >= 15 is 0 Å². The highest BCUT2D eigenvalue weighted by atomic mass is 79.9. The molecule has 0 fully saturated rings. The molecular formula is C17H18BrNO3. The van der Waals surface area contributed by atoms with E-state index in [9.17, 15) is 0 Å². The Morgan fingerprint density at radius 2 is 1.95 bits per heavy atom. The van der Waals surface area contributed by atoms with Crippen LogP contribution in [0.1, 0.15) is 19.4 Å². The standard InChI is InChI=1S/C17H18BrNO3/c1-11(2)22-15-5-3-12(7-14(15)18)9-19-13-4-6-16-17(8-13)21-10-20-16/h3-8,11,19H,9-10H2,1-2H3. The molecule has 0 saturated heterocycles. The molecule has 2 aromatic rings. The Kier molecular flexibility index (Phi) is 4.43. The van der Waals surface area contributed by atoms with Crippen molar-refractivity contribution in [3.63, 3.8) is 0 Å². The van der Waals surface area contributed by atoms with Gasteiger partial charge in [-0.2, -0.15) is 0 Å². The van der Waals surface area contributed by atoms with Gasteiger partial charge in [0.1, 0.15) is 5.75 Å². The number of anilines is 1. The van der Waals surface area contributed by atoms with Gasteiger partial charge in [0.25, 0.3) is 0 Å². The van der Waals surface area contributed by atoms with Crippen LogP contribution in [-0.2, 0) is 6.54 Å². The quantitative estimate of drug-likeness (QED) is 0.843. The summed E-state index contributed by atoms with van der Waals surface area (Å²) in [4.78, 5) is 0. The molecule has 1 aliphatic heterocycles. The average molecular weight is 364 g/mol. The second-order valence-electron chi connectivity index (χ2n) is 5.35. The van der Waals surface area contributed by atoms with Crippen molar-refractivity contribution in [2.75, 3.05) is 12.1 Å². The fourth-order valence-electron chi connectivity index (χ4n) is 2.21. The molecule has 0 saturated carbocycles. The Bertz CT molecular complexity index is 673. The predicted molar refractivity (Wildman–Crippen MR) is 89.8 cm³/mol. The highest BCUT2D eigenvalue weighted by molar-refractivity contribution is 9.10. The molecule has 0 radical (unpaired) electrons. The van der Waals surface area contributed by atoms with Gasteiger partial charge in [-0.15, -0.1) is 0 Å². The summed E-state index contributed by atoms with van der Waals surface area (Å²) in [6.45, 7) is 5.05. The van der Waals surface area contributed by atoms with Crippen LogP contribution < -0.4 is 19.5 Å². The topological polar surface area (TPSA) is 39.7 Å². The van der Waals surface area contributed by atoms with Crippen molar-refractivity contribution >= 4 is 21.6 Å². The SMILES string of the molecule is CC(C)Oc1ccc(CNc2ccc3c(c2)OCO3)cc1Br. The number of rotatable bonds is 5. The van der Waals surface area contributed by atoms with Crippen LogP contribution in [0.4, 0.5) is 5.69 Å². The van der Waals surface area contributed by atoms with Gasteiger partial charge in [0.05, 0.1) is 10.6 Å². The Morgan fingerprint density at radius 3 is 2.73 bits per heavy atom. The minimum Gasteiger partial charge on any atom is -0.490 e. The lowest BCUT2D eigenvalue weighted by atomic mass is 10.2. The Hall–Kier alpha value is -1.88. The smallest absolute Gasteiger partial charge is 0.231 e. The molecule has 0 aliphatic carbocycles. The first-order chi connectivity index (χ1) is 10.6. The molecule has 0 aromatic heterocycles. The first-order valence-electron chi connectivity index (χ1n) is 7.20. The van der Waals surface area contributed by atoms with E-state index in [0.29, 0.717) is 6.79 Å². The fourth-order valence-corrected chi connectivity index (χ4v) is 2.73. The zero-order valence-electron chi connectivity index (χ0n) is 12.6. The lowest BCUT2D eigenvalue weighted by Gasteiger charge is -2.13. The van der Waals surface area contributed by atoms with E-state index in [4.69, 9.17) is 14.2 Å². The van der Waals surface area contributed by atoms with Crippen molar-refractivity contribution in [3.8, 4) is 17.2 Å². The van der Waals surface area contributed by atoms with Crippen LogP contribution in [0.3, 0.4) is 0 Å². The minimum atomic E-state index is 0.161. The molecule has 5 heteroatoms. The van der Waals surface area contributed by atoms with Crippen molar-refractivity contribution in [1.29, 1.82) is 0 Å². The van der Waals surface area contributed by atoms with Crippen LogP contribution in [0.5, 0.6) is 17.2 Å². The van der Waals surface area contributed by atoms with Gasteiger partial charge < -0.3 is 19.5 Å². The van der Waals surface area contributed by atoms with Gasteiger partial charge in [0.15, 0.2) is 11.5 Å². The highest BCUT2D eigenvalue weighted by Gasteiger charge is 2.13. The van der Waals surface area contributed by atoms with E-state index in [1.54, 1.807) is 0 Å². The van der Waals surface area contributed by atoms with Gasteiger partial charge in [0, 0.05) is 18.3 Å². The van der Waals surface area contributed by atoms with E-state index < -0.39 is 0 Å². The molecular weight excluding hydrogens is 346 g/mol. The Labute approximate surface area is 138 Å². The first kappa shape index (κ1) is 15.0. The molecule has 0 bridgehead atoms. The van der Waals surface area contributed by atoms with E-state index in [-0.39, 0.29) is 6.10 Å². The molecule has 1 N–H and O–H groups in total. The molecule has 1 heterocycles. The van der Waals surface area contributed by atoms with Gasteiger partial charge in [-0.25, -0.2) is 0 Å². The number of nitrogens with one attached hydrogen (secondary N) is 1. The maximum Gasteiger partial charge on any atom is 0.231 e. The third kappa shape index (κ3) is 3.47. The van der Waals surface area contributed by atoms with Crippen LogP contribution in [0.15, 0.2) is 40.9 Å². The van der Waals surface area contributed by atoms with Crippen LogP contribution in [0.25, 0.3) is 0 Å². The summed E-state index contributed by atoms with van der Waals surface area (Å²) in [6, 6.07) is 12.0. The number of hydrogen-bond donors (Lipinski definition) is 1. The van der Waals surface area contributed by atoms with Gasteiger partial charge in [0.2, 0.25) is 6.79 Å². The number of fused-ring (bicyclic) bond motifs is 1. The normalized spacial score (nSPS) is 12.5. The van der Waals surface area contributed by atoms with Crippen LogP contribution in [0.2, 0.25) is 0 Å². The minimum absolute atomic E-state index is 0.161. The summed E-state index contributed by atoms with van der Waals surface area (Å²) in [6.07, 6.45) is 0.161. The number of ether oxygens (including phenoxy) is 3. The summed E-state index contributed by atoms with van der Waals surface area (Å²) >= 11 is 3.55. The van der Waals surface area contributed by atoms with Crippen LogP contribution >= 0.6 is 15.9 Å². The monoisotopic (exact) mass is 363 g/mol. The summed E-state index contributed by atoms with van der Waals surface area (Å²) in [7, 11) is 0. The molecule has 0 spiro atoms. The Balaban J connectivity index is 1.65. The highest BCUT2D eigenvalue weighted by Crippen LogP contribution is 2.34. The van der Waals surface area contributed by atoms with Crippen molar-refractivity contribution in [3.05, 3.63) is 46.4 Å². The molecule has 2 aromatic carbocycles. The van der Waals surface area contributed by atoms with Gasteiger partial charge in [-0.1, -0.05) is 6.07 Å². The van der Waals surface area contributed by atoms with Crippen LogP contribution in [0, 0.1) is 0 Å². The molecule has 116 valence electrons. The van der Waals surface area contributed by atoms with Gasteiger partial charge >= 0.3 is 0 Å². The Morgan fingerprint density at radius 1 is 1.14 bits per heavy atom. The molecule has 0 unspecified atom stereocenters. The zero-order valence-corrected chi connectivity index (χ0v) is 14.1. The second kappa shape index (κ2) is 6.48. The summed E-state index contributed by atoms with van der Waals surface area (Å²) in [5, 5.41) is 3.38. The summed E-state index contributed by atoms with van der Waals surface area (Å²) < 4.78 is 17.4. The molecule has 3 rings (SSSR count). The summed E-state index contributed by atoms with van der Waals surface area (Å²) in [5.74, 6) is 2.44. The van der Waals surface area contributed by atoms with E-state index in [0.717, 1.165) is 34.0 Å². The molecule has 1 aliphatic rings. The van der Waals surface area contributed by atoms with Crippen molar-refractivity contribution in [2.24, 2.45) is 0 Å². The fraction of sp³-hybridized carbons (Fsp3) is 0.294. The molecule has 4 nitrogen and oxygen atoms in total. The van der Waals surface area contributed by atoms with Crippen molar-refractivity contribution in [2.45, 2.75) is 26.5 Å².